The van der Waals surface area contributed by atoms with E-state index < -0.39 is 0 Å². The monoisotopic (exact) mass is 359 g/mol. The van der Waals surface area contributed by atoms with Gasteiger partial charge in [-0.1, -0.05) is 30.3 Å². The summed E-state index contributed by atoms with van der Waals surface area (Å²) in [6.45, 7) is 2.41. The molecule has 0 unspecified atom stereocenters. The second-order valence-electron chi connectivity index (χ2n) is 6.44. The fourth-order valence-corrected chi connectivity index (χ4v) is 3.69. The molecule has 27 heavy (non-hydrogen) atoms. The number of aromatic nitrogens is 2. The molecule has 0 spiro atoms. The van der Waals surface area contributed by atoms with Crippen molar-refractivity contribution in [2.24, 2.45) is 12.8 Å². The Morgan fingerprint density at radius 2 is 2.04 bits per heavy atom. The third kappa shape index (κ3) is 2.76. The normalized spacial score (nSPS) is 11.2. The van der Waals surface area contributed by atoms with Crippen LogP contribution in [0.15, 0.2) is 54.9 Å². The highest BCUT2D eigenvalue weighted by molar-refractivity contribution is 6.07. The van der Waals surface area contributed by atoms with Gasteiger partial charge in [0, 0.05) is 48.0 Å². The Bertz CT molecular complexity index is 1160. The maximum absolute atomic E-state index is 12.5. The Labute approximate surface area is 157 Å². The molecule has 0 aliphatic carbocycles. The molecule has 0 saturated heterocycles. The fraction of sp³-hybridized carbons (Fsp3) is 0.182. The molecule has 0 atom stereocenters. The van der Waals surface area contributed by atoms with Gasteiger partial charge in [0.1, 0.15) is 0 Å². The van der Waals surface area contributed by atoms with Crippen LogP contribution in [0.5, 0.6) is 0 Å². The lowest BCUT2D eigenvalue weighted by molar-refractivity contribution is 0.0527. The molecule has 5 nitrogen and oxygen atoms in total. The van der Waals surface area contributed by atoms with Gasteiger partial charge >= 0.3 is 5.97 Å². The third-order valence-corrected chi connectivity index (χ3v) is 4.99. The zero-order chi connectivity index (χ0) is 19.0. The van der Waals surface area contributed by atoms with E-state index in [1.54, 1.807) is 13.1 Å². The summed E-state index contributed by atoms with van der Waals surface area (Å²) in [5, 5.41) is 3.10. The van der Waals surface area contributed by atoms with Gasteiger partial charge in [0.15, 0.2) is 0 Å². The van der Waals surface area contributed by atoms with Crippen molar-refractivity contribution in [2.45, 2.75) is 13.5 Å². The van der Waals surface area contributed by atoms with Crippen LogP contribution >= 0.6 is 0 Å². The molecule has 2 heterocycles. The number of carbonyl (C=O) groups is 1. The molecule has 2 aromatic carbocycles. The summed E-state index contributed by atoms with van der Waals surface area (Å²) in [5.74, 6) is -0.328. The smallest absolute Gasteiger partial charge is 0.340 e. The Morgan fingerprint density at radius 3 is 2.81 bits per heavy atom. The summed E-state index contributed by atoms with van der Waals surface area (Å²) >= 11 is 0. The van der Waals surface area contributed by atoms with Crippen LogP contribution in [0.25, 0.3) is 32.8 Å². The van der Waals surface area contributed by atoms with Crippen LogP contribution < -0.4 is 5.73 Å². The molecule has 2 N–H and O–H groups in total. The van der Waals surface area contributed by atoms with E-state index in [1.807, 2.05) is 42.1 Å². The van der Waals surface area contributed by atoms with Crippen molar-refractivity contribution >= 4 is 27.6 Å². The quantitative estimate of drug-likeness (QED) is 0.559. The molecule has 4 rings (SSSR count). The SMILES string of the molecule is CCOC(=O)c1c(CN)n(C)c2cc(-c3cccc4ccncc34)ccc12. The number of hydrogen-bond acceptors (Lipinski definition) is 4. The minimum atomic E-state index is -0.328. The lowest BCUT2D eigenvalue weighted by atomic mass is 9.98. The van der Waals surface area contributed by atoms with Gasteiger partial charge in [-0.2, -0.15) is 0 Å². The standard InChI is InChI=1S/C22H21N3O2/c1-3-27-22(26)21-17-8-7-15(11-19(17)25(2)20(21)12-23)16-6-4-5-14-9-10-24-13-18(14)16/h4-11,13H,3,12,23H2,1-2H3. The van der Waals surface area contributed by atoms with Crippen LogP contribution in [0.3, 0.4) is 0 Å². The summed E-state index contributed by atoms with van der Waals surface area (Å²) in [7, 11) is 1.93. The van der Waals surface area contributed by atoms with Crippen LogP contribution in [0, 0.1) is 0 Å². The van der Waals surface area contributed by atoms with E-state index in [9.17, 15) is 4.79 Å². The van der Waals surface area contributed by atoms with E-state index in [0.717, 1.165) is 38.5 Å². The Morgan fingerprint density at radius 1 is 1.19 bits per heavy atom. The number of nitrogens with zero attached hydrogens (tertiary/aromatic N) is 2. The molecular weight excluding hydrogens is 338 g/mol. The zero-order valence-corrected chi connectivity index (χ0v) is 15.4. The largest absolute Gasteiger partial charge is 0.462 e. The molecule has 0 radical (unpaired) electrons. The highest BCUT2D eigenvalue weighted by Gasteiger charge is 2.21. The van der Waals surface area contributed by atoms with Crippen LogP contribution in [0.1, 0.15) is 23.0 Å². The zero-order valence-electron chi connectivity index (χ0n) is 15.4. The first-order chi connectivity index (χ1) is 13.2. The Balaban J connectivity index is 1.95. The molecule has 0 bridgehead atoms. The number of ether oxygens (including phenoxy) is 1. The minimum absolute atomic E-state index is 0.271. The van der Waals surface area contributed by atoms with E-state index in [-0.39, 0.29) is 12.5 Å². The second-order valence-corrected chi connectivity index (χ2v) is 6.44. The van der Waals surface area contributed by atoms with Gasteiger partial charge in [0.25, 0.3) is 0 Å². The molecule has 4 aromatic rings. The van der Waals surface area contributed by atoms with Gasteiger partial charge in [-0.15, -0.1) is 0 Å². The lowest BCUT2D eigenvalue weighted by Crippen LogP contribution is -2.12. The number of esters is 1. The molecule has 0 saturated carbocycles. The molecule has 0 aliphatic heterocycles. The topological polar surface area (TPSA) is 70.1 Å². The van der Waals surface area contributed by atoms with E-state index in [1.165, 1.54) is 0 Å². The van der Waals surface area contributed by atoms with Crippen LogP contribution in [-0.2, 0) is 18.3 Å². The first-order valence-corrected chi connectivity index (χ1v) is 8.97. The summed E-state index contributed by atoms with van der Waals surface area (Å²) < 4.78 is 7.23. The van der Waals surface area contributed by atoms with Crippen molar-refractivity contribution in [3.05, 3.63) is 66.1 Å². The van der Waals surface area contributed by atoms with E-state index in [4.69, 9.17) is 10.5 Å². The van der Waals surface area contributed by atoms with E-state index >= 15 is 0 Å². The number of aryl methyl sites for hydroxylation is 1. The number of benzene rings is 2. The van der Waals surface area contributed by atoms with Crippen molar-refractivity contribution in [1.82, 2.24) is 9.55 Å². The molecule has 2 aromatic heterocycles. The summed E-state index contributed by atoms with van der Waals surface area (Å²) in [5.41, 5.74) is 10.4. The molecule has 0 aliphatic rings. The molecule has 0 fully saturated rings. The third-order valence-electron chi connectivity index (χ3n) is 4.99. The highest BCUT2D eigenvalue weighted by atomic mass is 16.5. The molecule has 5 heteroatoms. The summed E-state index contributed by atoms with van der Waals surface area (Å²) in [6.07, 6.45) is 3.68. The van der Waals surface area contributed by atoms with Gasteiger partial charge in [0.05, 0.1) is 12.2 Å². The predicted octanol–water partition coefficient (Wildman–Crippen LogP) is 4.03. The first kappa shape index (κ1) is 17.2. The minimum Gasteiger partial charge on any atom is -0.462 e. The van der Waals surface area contributed by atoms with Gasteiger partial charge in [-0.3, -0.25) is 4.98 Å². The van der Waals surface area contributed by atoms with Gasteiger partial charge < -0.3 is 15.0 Å². The Hall–Kier alpha value is -3.18. The van der Waals surface area contributed by atoms with Crippen LogP contribution in [0.2, 0.25) is 0 Å². The number of rotatable bonds is 4. The van der Waals surface area contributed by atoms with Crippen molar-refractivity contribution in [3.63, 3.8) is 0 Å². The van der Waals surface area contributed by atoms with Gasteiger partial charge in [-0.25, -0.2) is 4.79 Å². The number of nitrogens with two attached hydrogens (primary N) is 1. The molecule has 136 valence electrons. The van der Waals surface area contributed by atoms with Crippen molar-refractivity contribution < 1.29 is 9.53 Å². The van der Waals surface area contributed by atoms with Crippen molar-refractivity contribution in [1.29, 1.82) is 0 Å². The molecular formula is C22H21N3O2. The van der Waals surface area contributed by atoms with Crippen molar-refractivity contribution in [3.8, 4) is 11.1 Å². The number of carbonyl (C=O) groups excluding carboxylic acids is 1. The Kier molecular flexibility index (Phi) is 4.38. The maximum atomic E-state index is 12.5. The second kappa shape index (κ2) is 6.85. The van der Waals surface area contributed by atoms with Gasteiger partial charge in [0.2, 0.25) is 0 Å². The average molecular weight is 359 g/mol. The summed E-state index contributed by atoms with van der Waals surface area (Å²) in [4.78, 5) is 16.8. The number of pyridine rings is 1. The van der Waals surface area contributed by atoms with Crippen LogP contribution in [-0.4, -0.2) is 22.1 Å². The van der Waals surface area contributed by atoms with E-state index in [2.05, 4.69) is 23.2 Å². The maximum Gasteiger partial charge on any atom is 0.340 e. The van der Waals surface area contributed by atoms with Gasteiger partial charge in [-0.05, 0) is 35.6 Å². The first-order valence-electron chi connectivity index (χ1n) is 8.97. The number of fused-ring (bicyclic) bond motifs is 2. The van der Waals surface area contributed by atoms with E-state index in [0.29, 0.717) is 12.2 Å². The summed E-state index contributed by atoms with van der Waals surface area (Å²) in [6, 6.07) is 14.3. The fourth-order valence-electron chi connectivity index (χ4n) is 3.69. The van der Waals surface area contributed by atoms with Crippen molar-refractivity contribution in [2.75, 3.05) is 6.61 Å². The van der Waals surface area contributed by atoms with Crippen LogP contribution in [0.4, 0.5) is 0 Å². The molecule has 0 amide bonds. The predicted molar refractivity (Wildman–Crippen MR) is 108 cm³/mol. The highest BCUT2D eigenvalue weighted by Crippen LogP contribution is 2.33. The number of hydrogen-bond donors (Lipinski definition) is 1. The average Bonchev–Trinajstić information content (AvgIpc) is 2.99. The lowest BCUT2D eigenvalue weighted by Gasteiger charge is -2.08.